The Kier molecular flexibility index (Phi) is 4.98. The molecule has 2 N–H and O–H groups in total. The molecule has 0 bridgehead atoms. The molecule has 1 unspecified atom stereocenters. The van der Waals surface area contributed by atoms with Crippen molar-refractivity contribution in [3.05, 3.63) is 29.6 Å². The summed E-state index contributed by atoms with van der Waals surface area (Å²) >= 11 is 0. The Hall–Kier alpha value is -1.27. The topological polar surface area (TPSA) is 41.5 Å². The molecule has 0 spiro atoms. The van der Waals surface area contributed by atoms with Crippen LogP contribution in [0.5, 0.6) is 5.75 Å². The summed E-state index contributed by atoms with van der Waals surface area (Å²) in [6.45, 7) is -0.191. The smallest absolute Gasteiger partial charge is 0.282 e. The molecule has 0 fully saturated rings. The molecule has 0 aliphatic rings. The minimum Gasteiger partial charge on any atom is -0.494 e. The van der Waals surface area contributed by atoms with E-state index in [4.69, 9.17) is 9.84 Å². The predicted octanol–water partition coefficient (Wildman–Crippen LogP) is 2.11. The first-order valence-corrected chi connectivity index (χ1v) is 5.45. The van der Waals surface area contributed by atoms with Gasteiger partial charge < -0.3 is 15.2 Å². The molecule has 6 heteroatoms. The van der Waals surface area contributed by atoms with Crippen LogP contribution in [0.1, 0.15) is 18.5 Å². The third kappa shape index (κ3) is 3.89. The van der Waals surface area contributed by atoms with Gasteiger partial charge in [0.1, 0.15) is 6.61 Å². The summed E-state index contributed by atoms with van der Waals surface area (Å²) in [5.74, 6) is -3.61. The van der Waals surface area contributed by atoms with Crippen LogP contribution in [0.25, 0.3) is 0 Å². The van der Waals surface area contributed by atoms with Crippen LogP contribution in [0.4, 0.5) is 13.2 Å². The third-order valence-corrected chi connectivity index (χ3v) is 2.57. The molecule has 18 heavy (non-hydrogen) atoms. The number of ether oxygens (including phenoxy) is 1. The van der Waals surface area contributed by atoms with E-state index in [0.29, 0.717) is 5.56 Å². The van der Waals surface area contributed by atoms with Crippen LogP contribution in [-0.2, 0) is 0 Å². The predicted molar refractivity (Wildman–Crippen MR) is 61.4 cm³/mol. The Morgan fingerprint density at radius 1 is 1.44 bits per heavy atom. The van der Waals surface area contributed by atoms with Crippen LogP contribution in [0.3, 0.4) is 0 Å². The van der Waals surface area contributed by atoms with Gasteiger partial charge in [-0.15, -0.1) is 0 Å². The lowest BCUT2D eigenvalue weighted by atomic mass is 10.1. The molecule has 0 amide bonds. The van der Waals surface area contributed by atoms with Crippen LogP contribution in [-0.4, -0.2) is 31.3 Å². The zero-order valence-electron chi connectivity index (χ0n) is 10.2. The van der Waals surface area contributed by atoms with Gasteiger partial charge in [-0.25, -0.2) is 13.2 Å². The Labute approximate surface area is 104 Å². The summed E-state index contributed by atoms with van der Waals surface area (Å²) in [5.41, 5.74) is 0.627. The molecule has 1 rings (SSSR count). The summed E-state index contributed by atoms with van der Waals surface area (Å²) < 4.78 is 43.7. The number of hydrogen-bond acceptors (Lipinski definition) is 3. The molecule has 0 aliphatic carbocycles. The van der Waals surface area contributed by atoms with Crippen molar-refractivity contribution in [3.63, 3.8) is 0 Å². The molecule has 1 aromatic rings. The van der Waals surface area contributed by atoms with E-state index in [2.05, 4.69) is 5.32 Å². The minimum absolute atomic E-state index is 0.0649. The maximum atomic E-state index is 13.2. The Bertz CT molecular complexity index is 399. The first-order valence-electron chi connectivity index (χ1n) is 5.45. The summed E-state index contributed by atoms with van der Waals surface area (Å²) in [7, 11) is 1.33. The fourth-order valence-electron chi connectivity index (χ4n) is 1.42. The maximum Gasteiger partial charge on any atom is 0.282 e. The highest BCUT2D eigenvalue weighted by atomic mass is 19.3. The second-order valence-electron chi connectivity index (χ2n) is 4.01. The van der Waals surface area contributed by atoms with Gasteiger partial charge in [-0.05, 0) is 24.6 Å². The van der Waals surface area contributed by atoms with Gasteiger partial charge >= 0.3 is 0 Å². The second-order valence-corrected chi connectivity index (χ2v) is 4.01. The van der Waals surface area contributed by atoms with Crippen LogP contribution >= 0.6 is 0 Å². The van der Waals surface area contributed by atoms with Crippen molar-refractivity contribution in [3.8, 4) is 5.75 Å². The first kappa shape index (κ1) is 14.8. The van der Waals surface area contributed by atoms with E-state index in [-0.39, 0.29) is 5.75 Å². The van der Waals surface area contributed by atoms with Crippen molar-refractivity contribution >= 4 is 0 Å². The van der Waals surface area contributed by atoms with Crippen molar-refractivity contribution in [1.29, 1.82) is 0 Å². The number of hydrogen-bond donors (Lipinski definition) is 2. The van der Waals surface area contributed by atoms with Gasteiger partial charge in [0.25, 0.3) is 5.92 Å². The van der Waals surface area contributed by atoms with E-state index < -0.39 is 30.9 Å². The number of rotatable bonds is 6. The average Bonchev–Trinajstić information content (AvgIpc) is 2.36. The standard InChI is InChI=1S/C12H16F3NO2/c1-8(16-6-12(14,15)7-17)9-3-4-10(13)11(5-9)18-2/h3-5,8,16-17H,6-7H2,1-2H3. The molecular formula is C12H16F3NO2. The van der Waals surface area contributed by atoms with Gasteiger partial charge in [-0.1, -0.05) is 6.07 Å². The second kappa shape index (κ2) is 6.06. The quantitative estimate of drug-likeness (QED) is 0.826. The van der Waals surface area contributed by atoms with Crippen molar-refractivity contribution < 1.29 is 23.0 Å². The number of nitrogens with one attached hydrogen (secondary N) is 1. The van der Waals surface area contributed by atoms with Gasteiger partial charge in [0.2, 0.25) is 0 Å². The van der Waals surface area contributed by atoms with Crippen LogP contribution < -0.4 is 10.1 Å². The Morgan fingerprint density at radius 3 is 2.67 bits per heavy atom. The summed E-state index contributed by atoms with van der Waals surface area (Å²) in [6, 6.07) is 3.75. The van der Waals surface area contributed by atoms with Crippen molar-refractivity contribution in [2.45, 2.75) is 18.9 Å². The van der Waals surface area contributed by atoms with Gasteiger partial charge in [0, 0.05) is 6.04 Å². The number of alkyl halides is 2. The van der Waals surface area contributed by atoms with Crippen molar-refractivity contribution in [2.75, 3.05) is 20.3 Å². The molecule has 0 radical (unpaired) electrons. The first-order chi connectivity index (χ1) is 8.39. The largest absolute Gasteiger partial charge is 0.494 e. The molecule has 0 heterocycles. The van der Waals surface area contributed by atoms with Crippen LogP contribution in [0, 0.1) is 5.82 Å². The lowest BCUT2D eigenvalue weighted by molar-refractivity contribution is -0.0490. The van der Waals surface area contributed by atoms with Gasteiger partial charge in [0.15, 0.2) is 11.6 Å². The molecule has 1 aromatic carbocycles. The lowest BCUT2D eigenvalue weighted by Crippen LogP contribution is -2.37. The molecule has 0 aliphatic heterocycles. The molecule has 0 saturated heterocycles. The summed E-state index contributed by atoms with van der Waals surface area (Å²) in [5, 5.41) is 11.0. The minimum atomic E-state index is -3.17. The Morgan fingerprint density at radius 2 is 2.11 bits per heavy atom. The normalized spacial score (nSPS) is 13.4. The van der Waals surface area contributed by atoms with Crippen molar-refractivity contribution in [2.24, 2.45) is 0 Å². The van der Waals surface area contributed by atoms with E-state index in [1.165, 1.54) is 25.3 Å². The molecule has 1 atom stereocenters. The van der Waals surface area contributed by atoms with Crippen LogP contribution in [0.2, 0.25) is 0 Å². The molecule has 102 valence electrons. The third-order valence-electron chi connectivity index (χ3n) is 2.57. The van der Waals surface area contributed by atoms with Crippen LogP contribution in [0.15, 0.2) is 18.2 Å². The van der Waals surface area contributed by atoms with Gasteiger partial charge in [0.05, 0.1) is 13.7 Å². The highest BCUT2D eigenvalue weighted by molar-refractivity contribution is 5.31. The van der Waals surface area contributed by atoms with Crippen molar-refractivity contribution in [1.82, 2.24) is 5.32 Å². The van der Waals surface area contributed by atoms with E-state index in [0.717, 1.165) is 0 Å². The number of benzene rings is 1. The lowest BCUT2D eigenvalue weighted by Gasteiger charge is -2.19. The van der Waals surface area contributed by atoms with E-state index >= 15 is 0 Å². The summed E-state index contributed by atoms with van der Waals surface area (Å²) in [4.78, 5) is 0. The monoisotopic (exact) mass is 263 g/mol. The highest BCUT2D eigenvalue weighted by Crippen LogP contribution is 2.23. The van der Waals surface area contributed by atoms with Gasteiger partial charge in [-0.3, -0.25) is 0 Å². The number of aliphatic hydroxyl groups excluding tert-OH is 1. The Balaban J connectivity index is 2.70. The molecule has 3 nitrogen and oxygen atoms in total. The highest BCUT2D eigenvalue weighted by Gasteiger charge is 2.28. The zero-order chi connectivity index (χ0) is 13.8. The number of halogens is 3. The van der Waals surface area contributed by atoms with E-state index in [1.54, 1.807) is 6.92 Å². The van der Waals surface area contributed by atoms with E-state index in [9.17, 15) is 13.2 Å². The molecule has 0 saturated carbocycles. The fourth-order valence-corrected chi connectivity index (χ4v) is 1.42. The zero-order valence-corrected chi connectivity index (χ0v) is 10.2. The van der Waals surface area contributed by atoms with Gasteiger partial charge in [-0.2, -0.15) is 0 Å². The maximum absolute atomic E-state index is 13.2. The SMILES string of the molecule is COc1cc(C(C)NCC(F)(F)CO)ccc1F. The molecule has 0 aromatic heterocycles. The number of aliphatic hydroxyl groups is 1. The molecular weight excluding hydrogens is 247 g/mol. The number of methoxy groups -OCH3 is 1. The summed E-state index contributed by atoms with van der Waals surface area (Å²) in [6.07, 6.45) is 0. The van der Waals surface area contributed by atoms with E-state index in [1.807, 2.05) is 0 Å². The average molecular weight is 263 g/mol. The fraction of sp³-hybridized carbons (Fsp3) is 0.500.